The van der Waals surface area contributed by atoms with Gasteiger partial charge in [0.15, 0.2) is 0 Å². The molecule has 2 N–H and O–H groups in total. The van der Waals surface area contributed by atoms with Gasteiger partial charge in [0.2, 0.25) is 0 Å². The van der Waals surface area contributed by atoms with Crippen molar-refractivity contribution in [3.63, 3.8) is 0 Å². The molecule has 0 radical (unpaired) electrons. The van der Waals surface area contributed by atoms with Crippen molar-refractivity contribution in [3.05, 3.63) is 83.9 Å². The largest absolute Gasteiger partial charge is 0.319 e. The lowest BCUT2D eigenvalue weighted by Crippen LogP contribution is -2.16. The summed E-state index contributed by atoms with van der Waals surface area (Å²) in [6.07, 6.45) is 3.43. The van der Waals surface area contributed by atoms with E-state index < -0.39 is 0 Å². The van der Waals surface area contributed by atoms with Crippen LogP contribution in [-0.4, -0.2) is 9.55 Å². The molecule has 3 aromatic rings. The van der Waals surface area contributed by atoms with E-state index in [9.17, 15) is 5.26 Å². The Morgan fingerprint density at radius 3 is 2.52 bits per heavy atom. The number of hydrogen-bond acceptors (Lipinski definition) is 3. The highest BCUT2D eigenvalue weighted by molar-refractivity contribution is 5.50. The quantitative estimate of drug-likeness (QED) is 0.798. The molecule has 0 aliphatic heterocycles. The number of nitrogens with two attached hydrogens (primary N) is 1. The first-order chi connectivity index (χ1) is 10.3. The zero-order valence-corrected chi connectivity index (χ0v) is 11.3. The molecule has 102 valence electrons. The van der Waals surface area contributed by atoms with Gasteiger partial charge in [0.05, 0.1) is 35.5 Å². The zero-order chi connectivity index (χ0) is 14.7. The number of imidazole rings is 1. The molecule has 1 atom stereocenters. The van der Waals surface area contributed by atoms with E-state index in [1.807, 2.05) is 53.1 Å². The molecule has 1 unspecified atom stereocenters. The minimum atomic E-state index is -0.291. The van der Waals surface area contributed by atoms with Crippen LogP contribution >= 0.6 is 0 Å². The van der Waals surface area contributed by atoms with Crippen molar-refractivity contribution in [2.75, 3.05) is 0 Å². The average molecular weight is 274 g/mol. The summed E-state index contributed by atoms with van der Waals surface area (Å²) in [5, 5.41) is 9.25. The number of para-hydroxylation sites is 1. The van der Waals surface area contributed by atoms with Crippen LogP contribution in [0.1, 0.15) is 22.9 Å². The van der Waals surface area contributed by atoms with Crippen molar-refractivity contribution in [1.82, 2.24) is 9.55 Å². The molecule has 21 heavy (non-hydrogen) atoms. The standard InChI is InChI=1S/C17H14N4/c18-10-14-8-4-5-9-15(14)21-12-20-11-16(21)17(19)13-6-2-1-3-7-13/h1-9,11-12,17H,19H2. The molecule has 2 aromatic carbocycles. The molecule has 0 fully saturated rings. The van der Waals surface area contributed by atoms with Gasteiger partial charge in [-0.05, 0) is 17.7 Å². The van der Waals surface area contributed by atoms with Gasteiger partial charge in [0.1, 0.15) is 6.07 Å². The topological polar surface area (TPSA) is 67.6 Å². The van der Waals surface area contributed by atoms with Gasteiger partial charge in [-0.2, -0.15) is 5.26 Å². The van der Waals surface area contributed by atoms with Crippen LogP contribution in [0.3, 0.4) is 0 Å². The fraction of sp³-hybridized carbons (Fsp3) is 0.0588. The Morgan fingerprint density at radius 1 is 1.05 bits per heavy atom. The van der Waals surface area contributed by atoms with Crippen molar-refractivity contribution in [2.45, 2.75) is 6.04 Å². The second-order valence-electron chi connectivity index (χ2n) is 4.71. The minimum absolute atomic E-state index is 0.291. The van der Waals surface area contributed by atoms with Crippen molar-refractivity contribution in [2.24, 2.45) is 5.73 Å². The van der Waals surface area contributed by atoms with Gasteiger partial charge < -0.3 is 5.73 Å². The van der Waals surface area contributed by atoms with Crippen LogP contribution < -0.4 is 5.73 Å². The van der Waals surface area contributed by atoms with E-state index in [1.54, 1.807) is 18.6 Å². The van der Waals surface area contributed by atoms with E-state index in [4.69, 9.17) is 5.73 Å². The maximum absolute atomic E-state index is 9.25. The highest BCUT2D eigenvalue weighted by Gasteiger charge is 2.16. The molecule has 4 nitrogen and oxygen atoms in total. The first-order valence-corrected chi connectivity index (χ1v) is 6.63. The number of hydrogen-bond donors (Lipinski definition) is 1. The maximum Gasteiger partial charge on any atom is 0.101 e. The van der Waals surface area contributed by atoms with Crippen LogP contribution in [0.4, 0.5) is 0 Å². The van der Waals surface area contributed by atoms with Gasteiger partial charge in [-0.3, -0.25) is 4.57 Å². The molecule has 0 spiro atoms. The van der Waals surface area contributed by atoms with Crippen molar-refractivity contribution >= 4 is 0 Å². The number of nitrogens with zero attached hydrogens (tertiary/aromatic N) is 3. The maximum atomic E-state index is 9.25. The van der Waals surface area contributed by atoms with Crippen LogP contribution in [0.25, 0.3) is 5.69 Å². The summed E-state index contributed by atoms with van der Waals surface area (Å²) in [6.45, 7) is 0. The third-order valence-electron chi connectivity index (χ3n) is 3.43. The van der Waals surface area contributed by atoms with Crippen LogP contribution in [0.15, 0.2) is 67.1 Å². The summed E-state index contributed by atoms with van der Waals surface area (Å²) in [5.41, 5.74) is 9.59. The third kappa shape index (κ3) is 2.42. The Bertz CT molecular complexity index is 784. The predicted molar refractivity (Wildman–Crippen MR) is 80.8 cm³/mol. The number of benzene rings is 2. The highest BCUT2D eigenvalue weighted by Crippen LogP contribution is 2.23. The molecule has 0 saturated carbocycles. The molecule has 0 saturated heterocycles. The predicted octanol–water partition coefficient (Wildman–Crippen LogP) is 2.79. The number of aromatic nitrogens is 2. The molecule has 0 aliphatic carbocycles. The van der Waals surface area contributed by atoms with Crippen molar-refractivity contribution in [1.29, 1.82) is 5.26 Å². The Balaban J connectivity index is 2.08. The molecule has 3 rings (SSSR count). The zero-order valence-electron chi connectivity index (χ0n) is 11.3. The van der Waals surface area contributed by atoms with Crippen LogP contribution in [0, 0.1) is 11.3 Å². The van der Waals surface area contributed by atoms with Crippen LogP contribution in [0.5, 0.6) is 0 Å². The second kappa shape index (κ2) is 5.61. The summed E-state index contributed by atoms with van der Waals surface area (Å²) in [6, 6.07) is 19.2. The van der Waals surface area contributed by atoms with Gasteiger partial charge in [0.25, 0.3) is 0 Å². The minimum Gasteiger partial charge on any atom is -0.319 e. The van der Waals surface area contributed by atoms with E-state index in [-0.39, 0.29) is 6.04 Å². The monoisotopic (exact) mass is 274 g/mol. The molecular formula is C17H14N4. The van der Waals surface area contributed by atoms with Gasteiger partial charge in [-0.1, -0.05) is 42.5 Å². The van der Waals surface area contributed by atoms with Gasteiger partial charge in [0, 0.05) is 0 Å². The highest BCUT2D eigenvalue weighted by atomic mass is 15.1. The summed E-state index contributed by atoms with van der Waals surface area (Å²) >= 11 is 0. The Kier molecular flexibility index (Phi) is 3.50. The lowest BCUT2D eigenvalue weighted by molar-refractivity contribution is 0.792. The first kappa shape index (κ1) is 13.1. The summed E-state index contributed by atoms with van der Waals surface area (Å²) in [4.78, 5) is 4.19. The molecule has 1 heterocycles. The molecule has 4 heteroatoms. The molecule has 0 bridgehead atoms. The summed E-state index contributed by atoms with van der Waals surface area (Å²) in [7, 11) is 0. The second-order valence-corrected chi connectivity index (χ2v) is 4.71. The lowest BCUT2D eigenvalue weighted by atomic mass is 10.0. The van der Waals surface area contributed by atoms with Crippen molar-refractivity contribution < 1.29 is 0 Å². The lowest BCUT2D eigenvalue weighted by Gasteiger charge is -2.15. The smallest absolute Gasteiger partial charge is 0.101 e. The van der Waals surface area contributed by atoms with Crippen molar-refractivity contribution in [3.8, 4) is 11.8 Å². The van der Waals surface area contributed by atoms with E-state index in [2.05, 4.69) is 11.1 Å². The van der Waals surface area contributed by atoms with Gasteiger partial charge >= 0.3 is 0 Å². The molecule has 1 aromatic heterocycles. The van der Waals surface area contributed by atoms with E-state index in [0.29, 0.717) is 5.56 Å². The van der Waals surface area contributed by atoms with E-state index in [0.717, 1.165) is 16.9 Å². The molecule has 0 amide bonds. The molecule has 0 aliphatic rings. The van der Waals surface area contributed by atoms with E-state index >= 15 is 0 Å². The average Bonchev–Trinajstić information content (AvgIpc) is 3.04. The third-order valence-corrected chi connectivity index (χ3v) is 3.43. The van der Waals surface area contributed by atoms with Crippen LogP contribution in [0.2, 0.25) is 0 Å². The van der Waals surface area contributed by atoms with Gasteiger partial charge in [-0.25, -0.2) is 4.98 Å². The van der Waals surface area contributed by atoms with Crippen LogP contribution in [-0.2, 0) is 0 Å². The summed E-state index contributed by atoms with van der Waals surface area (Å²) in [5.74, 6) is 0. The Hall–Kier alpha value is -2.90. The Morgan fingerprint density at radius 2 is 1.76 bits per heavy atom. The van der Waals surface area contributed by atoms with E-state index in [1.165, 1.54) is 0 Å². The number of nitriles is 1. The normalized spacial score (nSPS) is 11.8. The Labute approximate surface area is 123 Å². The summed E-state index contributed by atoms with van der Waals surface area (Å²) < 4.78 is 1.87. The van der Waals surface area contributed by atoms with Gasteiger partial charge in [-0.15, -0.1) is 0 Å². The number of rotatable bonds is 3. The fourth-order valence-electron chi connectivity index (χ4n) is 2.35. The fourth-order valence-corrected chi connectivity index (χ4v) is 2.35. The molecular weight excluding hydrogens is 260 g/mol. The first-order valence-electron chi connectivity index (χ1n) is 6.63. The SMILES string of the molecule is N#Cc1ccccc1-n1cncc1C(N)c1ccccc1.